The number of nitrogens with two attached hydrogens (primary N) is 1. The lowest BCUT2D eigenvalue weighted by molar-refractivity contribution is -0.166. The molecule has 0 spiro atoms. The Kier molecular flexibility index (Phi) is 9.98. The minimum Gasteiger partial charge on any atom is -0.463 e. The van der Waals surface area contributed by atoms with Gasteiger partial charge in [-0.3, -0.25) is 13.9 Å². The molecule has 39 heavy (non-hydrogen) atoms. The molecule has 0 bridgehead atoms. The second kappa shape index (κ2) is 12.8. The lowest BCUT2D eigenvalue weighted by Crippen LogP contribution is -2.42. The van der Waals surface area contributed by atoms with Crippen molar-refractivity contribution in [2.24, 2.45) is 10.7 Å². The van der Waals surface area contributed by atoms with Crippen LogP contribution in [0, 0.1) is 0 Å². The number of rotatable bonds is 12. The number of carbonyl (C=O) groups is 2. The molecule has 1 fully saturated rings. The number of nitrogens with zero attached hydrogens (tertiary/aromatic N) is 3. The van der Waals surface area contributed by atoms with Crippen molar-refractivity contribution in [3.8, 4) is 0 Å². The zero-order valence-corrected chi connectivity index (χ0v) is 23.3. The van der Waals surface area contributed by atoms with Gasteiger partial charge in [-0.25, -0.2) is 14.8 Å². The molecule has 12 nitrogen and oxygen atoms in total. The number of imidazole rings is 1. The Morgan fingerprint density at radius 2 is 2.03 bits per heavy atom. The van der Waals surface area contributed by atoms with Gasteiger partial charge >= 0.3 is 13.6 Å². The monoisotopic (exact) mass is 562 g/mol. The lowest BCUT2D eigenvalue weighted by Gasteiger charge is -2.28. The smallest absolute Gasteiger partial charge is 0.368 e. The van der Waals surface area contributed by atoms with Crippen molar-refractivity contribution < 1.29 is 38.2 Å². The molecule has 2 heterocycles. The van der Waals surface area contributed by atoms with Crippen LogP contribution in [-0.2, 0) is 34.8 Å². The fourth-order valence-corrected chi connectivity index (χ4v) is 4.53. The predicted molar refractivity (Wildman–Crippen MR) is 144 cm³/mol. The molecule has 1 aliphatic rings. The first kappa shape index (κ1) is 30.4. The summed E-state index contributed by atoms with van der Waals surface area (Å²) < 4.78 is 29.7. The molecule has 212 valence electrons. The fourth-order valence-electron chi connectivity index (χ4n) is 3.99. The van der Waals surface area contributed by atoms with Crippen LogP contribution in [0.25, 0.3) is 5.70 Å². The number of ether oxygens (including phenoxy) is 3. The average Bonchev–Trinajstić information content (AvgIpc) is 3.45. The maximum absolute atomic E-state index is 12.8. The number of esters is 1. The molecule has 1 unspecified atom stereocenters. The largest absolute Gasteiger partial charge is 0.463 e. The summed E-state index contributed by atoms with van der Waals surface area (Å²) in [6.07, 6.45) is 2.47. The Labute approximate surface area is 227 Å². The summed E-state index contributed by atoms with van der Waals surface area (Å²) in [6, 6.07) is 9.81. The number of Topliss-reactive ketones (excluding diaryl/α,β-unsaturated/α-hetero) is 1. The Morgan fingerprint density at radius 1 is 1.33 bits per heavy atom. The van der Waals surface area contributed by atoms with Gasteiger partial charge in [0.1, 0.15) is 18.0 Å². The van der Waals surface area contributed by atoms with E-state index >= 15 is 0 Å². The lowest BCUT2D eigenvalue weighted by atomic mass is 10.1. The molecule has 3 rings (SSSR count). The maximum atomic E-state index is 12.8. The predicted octanol–water partition coefficient (Wildman–Crippen LogP) is 3.26. The van der Waals surface area contributed by atoms with Gasteiger partial charge in [0.15, 0.2) is 11.6 Å². The SMILES string of the molecule is CC/C=C(/N)c1ncn([C@H]2CC(=O)[C@@H](COC(C)(C(=O)OCC)P(=O)(O)O)O2)c1N=C(C)Cc1ccccc1. The topological polar surface area (TPSA) is 176 Å². The van der Waals surface area contributed by atoms with Crippen molar-refractivity contribution in [1.29, 1.82) is 0 Å². The summed E-state index contributed by atoms with van der Waals surface area (Å²) in [5, 5.41) is -2.59. The molecular weight excluding hydrogens is 527 g/mol. The molecule has 1 aromatic carbocycles. The molecule has 1 aromatic heterocycles. The van der Waals surface area contributed by atoms with Crippen molar-refractivity contribution in [3.63, 3.8) is 0 Å². The van der Waals surface area contributed by atoms with Crippen LogP contribution in [0.15, 0.2) is 47.7 Å². The molecule has 3 atom stereocenters. The minimum absolute atomic E-state index is 0.0759. The van der Waals surface area contributed by atoms with Gasteiger partial charge in [0.2, 0.25) is 0 Å². The summed E-state index contributed by atoms with van der Waals surface area (Å²) in [6.45, 7) is 5.57. The van der Waals surface area contributed by atoms with Crippen LogP contribution in [0.5, 0.6) is 0 Å². The highest BCUT2D eigenvalue weighted by atomic mass is 31.2. The third-order valence-corrected chi connectivity index (χ3v) is 7.58. The standard InChI is InChI=1S/C26H35N4O8P/c1-5-10-19(27)23-24(29-17(3)13-18-11-8-7-9-12-18)30(16-28-23)22-14-20(31)21(38-22)15-37-26(4,39(33,34)35)25(32)36-6-2/h7-12,16,21-22H,5-6,13-15,27H2,1-4H3,(H2,33,34,35)/b19-10+,29-17?/t21-,22-,26?/m1/s1. The maximum Gasteiger partial charge on any atom is 0.368 e. The van der Waals surface area contributed by atoms with Crippen LogP contribution in [0.4, 0.5) is 5.82 Å². The van der Waals surface area contributed by atoms with E-state index in [0.29, 0.717) is 30.1 Å². The van der Waals surface area contributed by atoms with E-state index in [-0.39, 0.29) is 18.8 Å². The van der Waals surface area contributed by atoms with E-state index in [2.05, 4.69) is 4.98 Å². The number of hydrogen-bond donors (Lipinski definition) is 3. The number of allylic oxidation sites excluding steroid dienone is 1. The highest BCUT2D eigenvalue weighted by molar-refractivity contribution is 7.54. The van der Waals surface area contributed by atoms with Crippen LogP contribution < -0.4 is 5.73 Å². The second-order valence-corrected chi connectivity index (χ2v) is 11.2. The van der Waals surface area contributed by atoms with Crippen LogP contribution in [-0.4, -0.2) is 61.5 Å². The third-order valence-electron chi connectivity index (χ3n) is 6.16. The Balaban J connectivity index is 1.87. The van der Waals surface area contributed by atoms with Gasteiger partial charge in [0.05, 0.1) is 31.7 Å². The van der Waals surface area contributed by atoms with E-state index in [0.717, 1.165) is 18.2 Å². The van der Waals surface area contributed by atoms with Crippen molar-refractivity contribution in [2.75, 3.05) is 13.2 Å². The highest BCUT2D eigenvalue weighted by Crippen LogP contribution is 2.52. The molecule has 1 aliphatic heterocycles. The van der Waals surface area contributed by atoms with Gasteiger partial charge in [-0.1, -0.05) is 43.3 Å². The van der Waals surface area contributed by atoms with E-state index in [1.807, 2.05) is 50.3 Å². The molecule has 4 N–H and O–H groups in total. The fraction of sp³-hybridized carbons (Fsp3) is 0.462. The Morgan fingerprint density at radius 3 is 2.64 bits per heavy atom. The number of aromatic nitrogens is 2. The van der Waals surface area contributed by atoms with Gasteiger partial charge in [0, 0.05) is 12.1 Å². The first-order chi connectivity index (χ1) is 18.4. The Bertz CT molecular complexity index is 1290. The molecule has 13 heteroatoms. The molecule has 0 radical (unpaired) electrons. The van der Waals surface area contributed by atoms with Crippen LogP contribution in [0.2, 0.25) is 0 Å². The molecule has 2 aromatic rings. The molecule has 0 saturated carbocycles. The number of carbonyl (C=O) groups excluding carboxylic acids is 2. The Hall–Kier alpha value is -3.15. The van der Waals surface area contributed by atoms with E-state index in [1.165, 1.54) is 13.3 Å². The van der Waals surface area contributed by atoms with Crippen molar-refractivity contribution in [2.45, 2.75) is 64.6 Å². The first-order valence-electron chi connectivity index (χ1n) is 12.6. The normalized spacial score (nSPS) is 20.2. The molecule has 0 aliphatic carbocycles. The summed E-state index contributed by atoms with van der Waals surface area (Å²) in [5.74, 6) is -1.19. The van der Waals surface area contributed by atoms with E-state index in [9.17, 15) is 23.9 Å². The van der Waals surface area contributed by atoms with Crippen molar-refractivity contribution in [1.82, 2.24) is 9.55 Å². The second-order valence-electron chi connectivity index (χ2n) is 9.21. The van der Waals surface area contributed by atoms with E-state index in [4.69, 9.17) is 24.9 Å². The number of hydrogen-bond acceptors (Lipinski definition) is 9. The number of ketones is 1. The average molecular weight is 563 g/mol. The summed E-state index contributed by atoms with van der Waals surface area (Å²) in [4.78, 5) is 53.8. The summed E-state index contributed by atoms with van der Waals surface area (Å²) in [5.41, 5.74) is 8.99. The van der Waals surface area contributed by atoms with Gasteiger partial charge in [-0.2, -0.15) is 0 Å². The van der Waals surface area contributed by atoms with E-state index < -0.39 is 37.8 Å². The molecule has 1 saturated heterocycles. The van der Waals surface area contributed by atoms with Crippen molar-refractivity contribution in [3.05, 3.63) is 54.0 Å². The summed E-state index contributed by atoms with van der Waals surface area (Å²) >= 11 is 0. The third kappa shape index (κ3) is 7.09. The zero-order valence-electron chi connectivity index (χ0n) is 22.4. The van der Waals surface area contributed by atoms with Gasteiger partial charge < -0.3 is 29.7 Å². The molecule has 0 amide bonds. The first-order valence-corrected chi connectivity index (χ1v) is 14.2. The van der Waals surface area contributed by atoms with Gasteiger partial charge in [-0.15, -0.1) is 0 Å². The van der Waals surface area contributed by atoms with E-state index in [1.54, 1.807) is 4.57 Å². The molecular formula is C26H35N4O8P. The van der Waals surface area contributed by atoms with Crippen LogP contribution in [0.3, 0.4) is 0 Å². The number of benzene rings is 1. The van der Waals surface area contributed by atoms with Gasteiger partial charge in [-0.05, 0) is 32.8 Å². The highest BCUT2D eigenvalue weighted by Gasteiger charge is 2.53. The van der Waals surface area contributed by atoms with Crippen molar-refractivity contribution >= 4 is 36.6 Å². The van der Waals surface area contributed by atoms with Crippen LogP contribution >= 0.6 is 7.60 Å². The van der Waals surface area contributed by atoms with Crippen LogP contribution in [0.1, 0.15) is 58.0 Å². The zero-order chi connectivity index (χ0) is 28.8. The number of aliphatic imine (C=N–C) groups is 1. The quantitative estimate of drug-likeness (QED) is 0.198. The minimum atomic E-state index is -5.11. The summed E-state index contributed by atoms with van der Waals surface area (Å²) in [7, 11) is -5.11. The van der Waals surface area contributed by atoms with Gasteiger partial charge in [0.25, 0.3) is 5.34 Å².